The molecule has 8 nitrogen and oxygen atoms in total. The summed E-state index contributed by atoms with van der Waals surface area (Å²) in [5.41, 5.74) is 12.8. The minimum atomic E-state index is -4.27. The van der Waals surface area contributed by atoms with Crippen LogP contribution in [0.2, 0.25) is 0 Å². The second-order valence-corrected chi connectivity index (χ2v) is 6.46. The molecule has 0 aliphatic carbocycles. The fourth-order valence-corrected chi connectivity index (χ4v) is 2.33. The van der Waals surface area contributed by atoms with Crippen LogP contribution < -0.4 is 16.5 Å². The predicted octanol–water partition coefficient (Wildman–Crippen LogP) is 1.02. The molecule has 2 aromatic carbocycles. The van der Waals surface area contributed by atoms with E-state index in [9.17, 15) is 13.0 Å². The van der Waals surface area contributed by atoms with Crippen molar-refractivity contribution in [1.29, 1.82) is 0 Å². The highest BCUT2D eigenvalue weighted by molar-refractivity contribution is 7.85. The summed E-state index contributed by atoms with van der Waals surface area (Å²) in [5.74, 6) is 1.05. The minimum absolute atomic E-state index is 0.178. The summed E-state index contributed by atoms with van der Waals surface area (Å²) in [4.78, 5) is 10.5. The average Bonchev–Trinajstić information content (AvgIpc) is 2.55. The molecule has 130 valence electrons. The molecule has 25 heavy (non-hydrogen) atoms. The first-order valence-electron chi connectivity index (χ1n) is 7.16. The number of hydrogen-bond acceptors (Lipinski definition) is 7. The van der Waals surface area contributed by atoms with Crippen LogP contribution in [-0.4, -0.2) is 22.9 Å². The number of benzene rings is 2. The zero-order chi connectivity index (χ0) is 18.4. The van der Waals surface area contributed by atoms with Crippen molar-refractivity contribution in [3.8, 4) is 11.4 Å². The summed E-state index contributed by atoms with van der Waals surface area (Å²) in [7, 11) is -4.27. The number of anilines is 2. The third-order valence-corrected chi connectivity index (χ3v) is 3.90. The monoisotopic (exact) mass is 359 g/mol. The molecule has 3 aromatic rings. The van der Waals surface area contributed by atoms with Crippen molar-refractivity contribution >= 4 is 22.0 Å². The Kier molecular flexibility index (Phi) is 5.63. The number of aromatic nitrogens is 3. The van der Waals surface area contributed by atoms with E-state index >= 15 is 0 Å². The fraction of sp³-hybridized carbons (Fsp3) is 0.0625. The summed E-state index contributed by atoms with van der Waals surface area (Å²) < 4.78 is 31.2. The normalized spacial score (nSPS) is 10.6. The lowest BCUT2D eigenvalue weighted by Gasteiger charge is -2.05. The average molecular weight is 359 g/mol. The molecule has 1 heterocycles. The van der Waals surface area contributed by atoms with Gasteiger partial charge in [0, 0.05) is 5.56 Å². The number of aromatic amines is 1. The Morgan fingerprint density at radius 3 is 1.92 bits per heavy atom. The lowest BCUT2D eigenvalue weighted by atomic mass is 10.2. The van der Waals surface area contributed by atoms with Crippen LogP contribution in [0.1, 0.15) is 5.56 Å². The first-order chi connectivity index (χ1) is 11.8. The first-order valence-corrected chi connectivity index (χ1v) is 8.57. The van der Waals surface area contributed by atoms with Crippen LogP contribution in [-0.2, 0) is 10.1 Å². The van der Waals surface area contributed by atoms with Gasteiger partial charge >= 0.3 is 11.9 Å². The molecule has 0 aliphatic heterocycles. The zero-order valence-electron chi connectivity index (χ0n) is 13.4. The lowest BCUT2D eigenvalue weighted by Crippen LogP contribution is -2.20. The van der Waals surface area contributed by atoms with E-state index in [0.29, 0.717) is 5.82 Å². The molecule has 0 fully saturated rings. The topological polar surface area (TPSA) is 149 Å². The van der Waals surface area contributed by atoms with Gasteiger partial charge in [-0.05, 0) is 31.2 Å². The number of rotatable bonds is 2. The Balaban J connectivity index is 0.000000186. The minimum Gasteiger partial charge on any atom is -0.744 e. The maximum atomic E-state index is 10.4. The van der Waals surface area contributed by atoms with Crippen LogP contribution in [0.5, 0.6) is 0 Å². The van der Waals surface area contributed by atoms with Crippen molar-refractivity contribution in [3.63, 3.8) is 0 Å². The summed E-state index contributed by atoms with van der Waals surface area (Å²) in [6.07, 6.45) is 0. The van der Waals surface area contributed by atoms with Gasteiger partial charge in [-0.3, -0.25) is 0 Å². The van der Waals surface area contributed by atoms with Crippen molar-refractivity contribution in [2.24, 2.45) is 0 Å². The summed E-state index contributed by atoms with van der Waals surface area (Å²) in [5, 5.41) is 0. The highest BCUT2D eigenvalue weighted by atomic mass is 32.2. The molecule has 9 heteroatoms. The molecule has 0 unspecified atom stereocenters. The number of H-pyrrole nitrogens is 1. The second kappa shape index (κ2) is 7.69. The van der Waals surface area contributed by atoms with Gasteiger partial charge in [0.1, 0.15) is 10.1 Å². The van der Waals surface area contributed by atoms with Crippen LogP contribution in [0.4, 0.5) is 11.9 Å². The number of aryl methyl sites for hydroxylation is 1. The van der Waals surface area contributed by atoms with Crippen molar-refractivity contribution < 1.29 is 18.0 Å². The van der Waals surface area contributed by atoms with E-state index in [-0.39, 0.29) is 16.8 Å². The van der Waals surface area contributed by atoms with E-state index in [0.717, 1.165) is 11.1 Å². The lowest BCUT2D eigenvalue weighted by molar-refractivity contribution is -0.350. The molecular weight excluding hydrogens is 342 g/mol. The number of hydrogen-bond donors (Lipinski definition) is 2. The van der Waals surface area contributed by atoms with E-state index in [2.05, 4.69) is 15.0 Å². The van der Waals surface area contributed by atoms with Gasteiger partial charge < -0.3 is 16.0 Å². The number of nitrogens with two attached hydrogens (primary N) is 2. The Morgan fingerprint density at radius 2 is 1.44 bits per heavy atom. The molecule has 5 N–H and O–H groups in total. The van der Waals surface area contributed by atoms with Crippen molar-refractivity contribution in [2.45, 2.75) is 11.8 Å². The molecule has 0 saturated heterocycles. The van der Waals surface area contributed by atoms with Crippen molar-refractivity contribution in [1.82, 2.24) is 9.97 Å². The molecule has 0 aliphatic rings. The predicted molar refractivity (Wildman–Crippen MR) is 92.0 cm³/mol. The van der Waals surface area contributed by atoms with Gasteiger partial charge in [-0.1, -0.05) is 45.9 Å². The van der Waals surface area contributed by atoms with Gasteiger partial charge in [0.15, 0.2) is 0 Å². The van der Waals surface area contributed by atoms with Crippen LogP contribution in [0, 0.1) is 6.92 Å². The summed E-state index contributed by atoms with van der Waals surface area (Å²) >= 11 is 0. The van der Waals surface area contributed by atoms with E-state index in [1.54, 1.807) is 12.1 Å². The van der Waals surface area contributed by atoms with E-state index in [1.807, 2.05) is 37.3 Å². The van der Waals surface area contributed by atoms with Gasteiger partial charge in [0.05, 0.1) is 4.90 Å². The van der Waals surface area contributed by atoms with Crippen LogP contribution in [0.15, 0.2) is 59.5 Å². The van der Waals surface area contributed by atoms with E-state index < -0.39 is 10.1 Å². The molecule has 0 bridgehead atoms. The smallest absolute Gasteiger partial charge is 0.318 e. The zero-order valence-corrected chi connectivity index (χ0v) is 14.2. The number of nitrogens with zero attached hydrogens (tertiary/aromatic N) is 2. The van der Waals surface area contributed by atoms with Crippen molar-refractivity contribution in [2.75, 3.05) is 11.5 Å². The molecular formula is C16H17N5O3S. The summed E-state index contributed by atoms with van der Waals surface area (Å²) in [6.45, 7) is 1.82. The second-order valence-electron chi connectivity index (χ2n) is 5.08. The summed E-state index contributed by atoms with van der Waals surface area (Å²) in [6, 6.07) is 15.3. The van der Waals surface area contributed by atoms with Gasteiger partial charge in [-0.25, -0.2) is 13.4 Å². The maximum absolute atomic E-state index is 10.4. The first kappa shape index (κ1) is 18.3. The highest BCUT2D eigenvalue weighted by Crippen LogP contribution is 2.13. The van der Waals surface area contributed by atoms with E-state index in [1.165, 1.54) is 12.1 Å². The van der Waals surface area contributed by atoms with Crippen LogP contribution in [0.25, 0.3) is 11.4 Å². The SMILES string of the molecule is Cc1ccc(S(=O)(=O)[O-])cc1.Nc1nc(-c2ccccc2)nc(N)[nH+]1. The molecule has 0 atom stereocenters. The molecule has 0 radical (unpaired) electrons. The molecule has 0 amide bonds. The highest BCUT2D eigenvalue weighted by Gasteiger charge is 2.09. The van der Waals surface area contributed by atoms with Gasteiger partial charge in [-0.2, -0.15) is 0 Å². The van der Waals surface area contributed by atoms with Gasteiger partial charge in [0.2, 0.25) is 0 Å². The Morgan fingerprint density at radius 1 is 0.920 bits per heavy atom. The molecule has 0 saturated carbocycles. The fourth-order valence-electron chi connectivity index (χ4n) is 1.86. The molecule has 1 aromatic heterocycles. The van der Waals surface area contributed by atoms with E-state index in [4.69, 9.17) is 11.5 Å². The molecule has 0 spiro atoms. The van der Waals surface area contributed by atoms with Gasteiger partial charge in [0.25, 0.3) is 5.82 Å². The third kappa shape index (κ3) is 5.52. The standard InChI is InChI=1S/C9H9N5.C7H8O3S/c10-8-12-7(13-9(11)14-8)6-4-2-1-3-5-6;1-6-2-4-7(5-3-6)11(8,9)10/h1-5H,(H4,10,11,12,13,14);2-5H,1H3,(H,8,9,10). The van der Waals surface area contributed by atoms with Crippen molar-refractivity contribution in [3.05, 3.63) is 60.2 Å². The quantitative estimate of drug-likeness (QED) is 0.648. The maximum Gasteiger partial charge on any atom is 0.318 e. The van der Waals surface area contributed by atoms with Crippen LogP contribution in [0.3, 0.4) is 0 Å². The number of nitrogens with one attached hydrogen (secondary N) is 1. The molecule has 3 rings (SSSR count). The van der Waals surface area contributed by atoms with Crippen LogP contribution >= 0.6 is 0 Å². The third-order valence-electron chi connectivity index (χ3n) is 3.05. The largest absolute Gasteiger partial charge is 0.744 e. The van der Waals surface area contributed by atoms with Gasteiger partial charge in [-0.15, -0.1) is 0 Å². The Hall–Kier alpha value is -3.04. The number of nitrogen functional groups attached to an aromatic ring is 2. The Labute approximate surface area is 145 Å². The Bertz CT molecular complexity index is 925.